The van der Waals surface area contributed by atoms with E-state index in [0.29, 0.717) is 11.0 Å². The normalized spacial score (nSPS) is 11.5. The van der Waals surface area contributed by atoms with Crippen LogP contribution in [0.25, 0.3) is 0 Å². The van der Waals surface area contributed by atoms with Gasteiger partial charge in [0.1, 0.15) is 5.82 Å². The second kappa shape index (κ2) is 4.98. The largest absolute Gasteiger partial charge is 0.384 e. The van der Waals surface area contributed by atoms with E-state index in [1.807, 2.05) is 0 Å². The first kappa shape index (κ1) is 12.9. The van der Waals surface area contributed by atoms with Gasteiger partial charge in [-0.2, -0.15) is 0 Å². The molecule has 0 amide bonds. The molecule has 0 aliphatic rings. The quantitative estimate of drug-likeness (QED) is 0.839. The van der Waals surface area contributed by atoms with Gasteiger partial charge in [-0.05, 0) is 40.9 Å². The molecule has 0 saturated carbocycles. The van der Waals surface area contributed by atoms with E-state index in [4.69, 9.17) is 5.73 Å². The number of aromatic nitrogens is 2. The number of hydrogen-bond acceptors (Lipinski definition) is 4. The first-order chi connectivity index (χ1) is 8.45. The lowest BCUT2D eigenvalue weighted by Gasteiger charge is -2.18. The number of hydrogen-bond donors (Lipinski definition) is 1. The van der Waals surface area contributed by atoms with Gasteiger partial charge in [0.2, 0.25) is 0 Å². The summed E-state index contributed by atoms with van der Waals surface area (Å²) in [6.07, 6.45) is 1.67. The highest BCUT2D eigenvalue weighted by Crippen LogP contribution is 2.28. The Labute approximate surface area is 112 Å². The van der Waals surface area contributed by atoms with E-state index in [0.717, 1.165) is 4.90 Å². The minimum atomic E-state index is 0.177. The van der Waals surface area contributed by atoms with Gasteiger partial charge in [0.15, 0.2) is 5.16 Å². The zero-order valence-electron chi connectivity index (χ0n) is 10.8. The molecule has 0 aliphatic heterocycles. The number of nitrogens with two attached hydrogens (primary N) is 1. The molecule has 0 saturated heterocycles. The fraction of sp³-hybridized carbons (Fsp3) is 0.286. The molecule has 2 aromatic rings. The van der Waals surface area contributed by atoms with Crippen molar-refractivity contribution in [2.45, 2.75) is 36.2 Å². The Hall–Kier alpha value is -1.55. The second-order valence-electron chi connectivity index (χ2n) is 5.14. The molecule has 1 heterocycles. The van der Waals surface area contributed by atoms with Crippen molar-refractivity contribution in [3.63, 3.8) is 0 Å². The summed E-state index contributed by atoms with van der Waals surface area (Å²) in [7, 11) is 0. The fourth-order valence-electron chi connectivity index (χ4n) is 1.53. The molecule has 1 aromatic carbocycles. The van der Waals surface area contributed by atoms with Gasteiger partial charge >= 0.3 is 0 Å². The molecule has 0 fully saturated rings. The molecule has 0 bridgehead atoms. The maximum Gasteiger partial charge on any atom is 0.194 e. The zero-order chi connectivity index (χ0) is 13.2. The molecule has 0 atom stereocenters. The lowest BCUT2D eigenvalue weighted by Crippen LogP contribution is -2.10. The van der Waals surface area contributed by atoms with Crippen molar-refractivity contribution in [3.8, 4) is 0 Å². The van der Waals surface area contributed by atoms with Gasteiger partial charge in [-0.25, -0.2) is 9.97 Å². The van der Waals surface area contributed by atoms with Crippen molar-refractivity contribution in [3.05, 3.63) is 42.1 Å². The lowest BCUT2D eigenvalue weighted by molar-refractivity contribution is 0.590. The van der Waals surface area contributed by atoms with Gasteiger partial charge in [0, 0.05) is 11.1 Å². The van der Waals surface area contributed by atoms with E-state index in [-0.39, 0.29) is 5.41 Å². The number of anilines is 1. The first-order valence-corrected chi connectivity index (χ1v) is 6.64. The predicted molar refractivity (Wildman–Crippen MR) is 75.7 cm³/mol. The van der Waals surface area contributed by atoms with Gasteiger partial charge in [-0.1, -0.05) is 32.9 Å². The molecule has 0 radical (unpaired) electrons. The number of rotatable bonds is 2. The van der Waals surface area contributed by atoms with Crippen molar-refractivity contribution in [1.29, 1.82) is 0 Å². The average Bonchev–Trinajstić information content (AvgIpc) is 2.28. The molecule has 94 valence electrons. The topological polar surface area (TPSA) is 51.8 Å². The third kappa shape index (κ3) is 3.23. The Balaban J connectivity index is 2.16. The third-order valence-corrected chi connectivity index (χ3v) is 3.47. The summed E-state index contributed by atoms with van der Waals surface area (Å²) < 4.78 is 0. The van der Waals surface area contributed by atoms with Gasteiger partial charge in [0.25, 0.3) is 0 Å². The highest BCUT2D eigenvalue weighted by Gasteiger charge is 2.13. The SMILES string of the molecule is CC(C)(C)c1ccc(Sc2nccc(N)n2)cc1. The number of benzene rings is 1. The Bertz CT molecular complexity index is 529. The van der Waals surface area contributed by atoms with E-state index >= 15 is 0 Å². The average molecular weight is 259 g/mol. The molecule has 4 heteroatoms. The van der Waals surface area contributed by atoms with E-state index in [2.05, 4.69) is 55.0 Å². The molecule has 0 spiro atoms. The predicted octanol–water partition coefficient (Wildman–Crippen LogP) is 3.51. The highest BCUT2D eigenvalue weighted by atomic mass is 32.2. The Morgan fingerprint density at radius 1 is 1.06 bits per heavy atom. The van der Waals surface area contributed by atoms with Crippen LogP contribution in [0.3, 0.4) is 0 Å². The highest BCUT2D eigenvalue weighted by molar-refractivity contribution is 7.99. The molecule has 2 N–H and O–H groups in total. The van der Waals surface area contributed by atoms with Gasteiger partial charge < -0.3 is 5.73 Å². The van der Waals surface area contributed by atoms with Crippen LogP contribution < -0.4 is 5.73 Å². The summed E-state index contributed by atoms with van der Waals surface area (Å²) in [5, 5.41) is 0.679. The zero-order valence-corrected chi connectivity index (χ0v) is 11.7. The maximum atomic E-state index is 5.63. The number of nitrogen functional groups attached to an aromatic ring is 1. The van der Waals surface area contributed by atoms with Crippen LogP contribution in [0.15, 0.2) is 46.6 Å². The van der Waals surface area contributed by atoms with Crippen LogP contribution in [0, 0.1) is 0 Å². The van der Waals surface area contributed by atoms with Gasteiger partial charge in [-0.15, -0.1) is 0 Å². The summed E-state index contributed by atoms with van der Waals surface area (Å²) in [5.41, 5.74) is 7.13. The van der Waals surface area contributed by atoms with Crippen LogP contribution in [-0.4, -0.2) is 9.97 Å². The van der Waals surface area contributed by atoms with Gasteiger partial charge in [0.05, 0.1) is 0 Å². The van der Waals surface area contributed by atoms with Crippen molar-refractivity contribution in [2.24, 2.45) is 0 Å². The Morgan fingerprint density at radius 3 is 2.28 bits per heavy atom. The Kier molecular flexibility index (Phi) is 3.57. The van der Waals surface area contributed by atoms with Crippen molar-refractivity contribution >= 4 is 17.6 Å². The maximum absolute atomic E-state index is 5.63. The fourth-order valence-corrected chi connectivity index (χ4v) is 2.28. The summed E-state index contributed by atoms with van der Waals surface area (Å²) in [6.45, 7) is 6.61. The summed E-state index contributed by atoms with van der Waals surface area (Å²) in [6, 6.07) is 10.2. The van der Waals surface area contributed by atoms with Crippen LogP contribution in [0.1, 0.15) is 26.3 Å². The number of nitrogens with zero attached hydrogens (tertiary/aromatic N) is 2. The molecule has 0 aliphatic carbocycles. The third-order valence-electron chi connectivity index (χ3n) is 2.58. The van der Waals surface area contributed by atoms with E-state index in [1.165, 1.54) is 17.3 Å². The van der Waals surface area contributed by atoms with Crippen molar-refractivity contribution < 1.29 is 0 Å². The van der Waals surface area contributed by atoms with Crippen LogP contribution in [0.5, 0.6) is 0 Å². The summed E-state index contributed by atoms with van der Waals surface area (Å²) >= 11 is 1.52. The van der Waals surface area contributed by atoms with E-state index in [9.17, 15) is 0 Å². The lowest BCUT2D eigenvalue weighted by atomic mass is 9.87. The van der Waals surface area contributed by atoms with Crippen LogP contribution in [0.4, 0.5) is 5.82 Å². The molecular formula is C14H17N3S. The summed E-state index contributed by atoms with van der Waals surface area (Å²) in [5.74, 6) is 0.499. The summed E-state index contributed by atoms with van der Waals surface area (Å²) in [4.78, 5) is 9.47. The molecule has 18 heavy (non-hydrogen) atoms. The van der Waals surface area contributed by atoms with Crippen LogP contribution >= 0.6 is 11.8 Å². The molecule has 1 aromatic heterocycles. The molecule has 3 nitrogen and oxygen atoms in total. The van der Waals surface area contributed by atoms with Gasteiger partial charge in [-0.3, -0.25) is 0 Å². The minimum Gasteiger partial charge on any atom is -0.384 e. The van der Waals surface area contributed by atoms with E-state index in [1.54, 1.807) is 12.3 Å². The standard InChI is InChI=1S/C14H17N3S/c1-14(2,3)10-4-6-11(7-5-10)18-13-16-9-8-12(15)17-13/h4-9H,1-3H3,(H2,15,16,17). The monoisotopic (exact) mass is 259 g/mol. The molecular weight excluding hydrogens is 242 g/mol. The molecule has 0 unspecified atom stereocenters. The van der Waals surface area contributed by atoms with Crippen molar-refractivity contribution in [1.82, 2.24) is 9.97 Å². The first-order valence-electron chi connectivity index (χ1n) is 5.82. The smallest absolute Gasteiger partial charge is 0.194 e. The van der Waals surface area contributed by atoms with Crippen molar-refractivity contribution in [2.75, 3.05) is 5.73 Å². The minimum absolute atomic E-state index is 0.177. The second-order valence-corrected chi connectivity index (χ2v) is 6.18. The van der Waals surface area contributed by atoms with E-state index < -0.39 is 0 Å². The van der Waals surface area contributed by atoms with Crippen LogP contribution in [-0.2, 0) is 5.41 Å². The molecule has 2 rings (SSSR count). The van der Waals surface area contributed by atoms with Crippen LogP contribution in [0.2, 0.25) is 0 Å². The Morgan fingerprint density at radius 2 is 1.72 bits per heavy atom.